The van der Waals surface area contributed by atoms with Gasteiger partial charge in [0.2, 0.25) is 0 Å². The molecule has 0 bridgehead atoms. The monoisotopic (exact) mass is 256 g/mol. The lowest BCUT2D eigenvalue weighted by molar-refractivity contribution is 0.139. The quantitative estimate of drug-likeness (QED) is 0.606. The molecule has 0 saturated carbocycles. The fourth-order valence-corrected chi connectivity index (χ4v) is 2.22. The van der Waals surface area contributed by atoms with Crippen LogP contribution in [0.5, 0.6) is 0 Å². The molecule has 0 amide bonds. The summed E-state index contributed by atoms with van der Waals surface area (Å²) in [4.78, 5) is 4.52. The number of alkyl halides is 1. The predicted octanol–water partition coefficient (Wildman–Crippen LogP) is 1.85. The lowest BCUT2D eigenvalue weighted by Crippen LogP contribution is -2.11. The minimum Gasteiger partial charge on any atom is -0.380 e. The van der Waals surface area contributed by atoms with Gasteiger partial charge in [0.25, 0.3) is 0 Å². The molecule has 0 aliphatic heterocycles. The second kappa shape index (κ2) is 5.06. The summed E-state index contributed by atoms with van der Waals surface area (Å²) in [5.74, 6) is 1.28. The molecular weight excluding hydrogens is 240 g/mol. The number of aromatic nitrogens is 4. The number of nitrogens with zero attached hydrogens (tertiary/aromatic N) is 4. The first kappa shape index (κ1) is 12.4. The maximum Gasteiger partial charge on any atom is 0.158 e. The molecule has 0 aliphatic carbocycles. The van der Waals surface area contributed by atoms with Crippen LogP contribution in [-0.2, 0) is 24.2 Å². The van der Waals surface area contributed by atoms with E-state index in [4.69, 9.17) is 16.3 Å². The fraction of sp³-hybridized carbons (Fsp3) is 0.636. The molecule has 0 atom stereocenters. The highest BCUT2D eigenvalue weighted by Crippen LogP contribution is 2.19. The molecule has 0 fully saturated rings. The van der Waals surface area contributed by atoms with Crippen LogP contribution in [0, 0.1) is 6.92 Å². The van der Waals surface area contributed by atoms with Crippen LogP contribution in [0.4, 0.5) is 0 Å². The molecule has 2 aromatic rings. The van der Waals surface area contributed by atoms with Crippen molar-refractivity contribution in [1.29, 1.82) is 0 Å². The largest absolute Gasteiger partial charge is 0.380 e. The van der Waals surface area contributed by atoms with Gasteiger partial charge in [-0.3, -0.25) is 4.68 Å². The van der Waals surface area contributed by atoms with Gasteiger partial charge in [-0.05, 0) is 13.8 Å². The summed E-state index contributed by atoms with van der Waals surface area (Å²) in [6.07, 6.45) is 0. The van der Waals surface area contributed by atoms with Crippen molar-refractivity contribution in [1.82, 2.24) is 19.3 Å². The summed E-state index contributed by atoms with van der Waals surface area (Å²) in [6, 6.07) is 0. The van der Waals surface area contributed by atoms with Crippen molar-refractivity contribution in [3.8, 4) is 0 Å². The normalized spacial score (nSPS) is 11.5. The first-order valence-electron chi connectivity index (χ1n) is 5.71. The Hall–Kier alpha value is -1.07. The highest BCUT2D eigenvalue weighted by molar-refractivity contribution is 6.16. The highest BCUT2D eigenvalue weighted by Gasteiger charge is 2.16. The summed E-state index contributed by atoms with van der Waals surface area (Å²) in [7, 11) is 1.92. The van der Waals surface area contributed by atoms with Crippen LogP contribution in [0.3, 0.4) is 0 Å². The van der Waals surface area contributed by atoms with Crippen LogP contribution in [0.25, 0.3) is 11.2 Å². The Morgan fingerprint density at radius 3 is 2.82 bits per heavy atom. The van der Waals surface area contributed by atoms with Crippen LogP contribution < -0.4 is 0 Å². The molecule has 0 spiro atoms. The molecule has 17 heavy (non-hydrogen) atoms. The molecule has 0 saturated heterocycles. The number of fused-ring (bicyclic) bond motifs is 1. The predicted molar refractivity (Wildman–Crippen MR) is 67.3 cm³/mol. The zero-order chi connectivity index (χ0) is 12.4. The molecular formula is C11H17ClN4O. The molecule has 2 aromatic heterocycles. The van der Waals surface area contributed by atoms with Gasteiger partial charge in [0.05, 0.1) is 18.2 Å². The summed E-state index contributed by atoms with van der Waals surface area (Å²) >= 11 is 5.92. The van der Waals surface area contributed by atoms with Crippen LogP contribution in [0.15, 0.2) is 0 Å². The second-order valence-electron chi connectivity index (χ2n) is 3.89. The van der Waals surface area contributed by atoms with Gasteiger partial charge in [-0.15, -0.1) is 11.6 Å². The molecule has 0 aliphatic rings. The Morgan fingerprint density at radius 2 is 2.18 bits per heavy atom. The van der Waals surface area contributed by atoms with Crippen LogP contribution in [-0.4, -0.2) is 32.5 Å². The summed E-state index contributed by atoms with van der Waals surface area (Å²) in [5.41, 5.74) is 2.88. The highest BCUT2D eigenvalue weighted by atomic mass is 35.5. The number of imidazole rings is 1. The average Bonchev–Trinajstić information content (AvgIpc) is 2.79. The van der Waals surface area contributed by atoms with Gasteiger partial charge in [0, 0.05) is 20.2 Å². The van der Waals surface area contributed by atoms with E-state index < -0.39 is 0 Å². The Morgan fingerprint density at radius 1 is 1.41 bits per heavy atom. The van der Waals surface area contributed by atoms with E-state index in [2.05, 4.69) is 14.6 Å². The minimum absolute atomic E-state index is 0.403. The molecule has 0 N–H and O–H groups in total. The number of ether oxygens (including phenoxy) is 1. The van der Waals surface area contributed by atoms with Crippen molar-refractivity contribution in [2.45, 2.75) is 26.3 Å². The molecule has 5 nitrogen and oxygen atoms in total. The third kappa shape index (κ3) is 2.17. The van der Waals surface area contributed by atoms with Gasteiger partial charge < -0.3 is 9.30 Å². The van der Waals surface area contributed by atoms with Crippen LogP contribution in [0.1, 0.15) is 18.4 Å². The number of hydrogen-bond acceptors (Lipinski definition) is 3. The lowest BCUT2D eigenvalue weighted by Gasteiger charge is -2.07. The van der Waals surface area contributed by atoms with Gasteiger partial charge in [-0.2, -0.15) is 5.10 Å². The number of aryl methyl sites for hydroxylation is 2. The molecule has 6 heteroatoms. The van der Waals surface area contributed by atoms with Crippen LogP contribution >= 0.6 is 11.6 Å². The Labute approximate surface area is 105 Å². The Bertz CT molecular complexity index is 517. The van der Waals surface area contributed by atoms with Crippen LogP contribution in [0.2, 0.25) is 0 Å². The summed E-state index contributed by atoms with van der Waals surface area (Å²) < 4.78 is 9.31. The Balaban J connectivity index is 2.42. The van der Waals surface area contributed by atoms with E-state index in [1.54, 1.807) is 0 Å². The van der Waals surface area contributed by atoms with Crippen molar-refractivity contribution in [2.24, 2.45) is 7.05 Å². The maximum absolute atomic E-state index is 5.92. The summed E-state index contributed by atoms with van der Waals surface area (Å²) in [6.45, 7) is 6.08. The first-order chi connectivity index (χ1) is 8.19. The lowest BCUT2D eigenvalue weighted by atomic mass is 10.4. The molecule has 0 unspecified atom stereocenters. The summed E-state index contributed by atoms with van der Waals surface area (Å²) in [5, 5.41) is 4.36. The van der Waals surface area contributed by atoms with E-state index in [0.717, 1.165) is 35.8 Å². The van der Waals surface area contributed by atoms with Gasteiger partial charge in [0.1, 0.15) is 11.3 Å². The molecule has 94 valence electrons. The third-order valence-corrected chi connectivity index (χ3v) is 2.99. The van der Waals surface area contributed by atoms with Crippen molar-refractivity contribution >= 4 is 22.8 Å². The van der Waals surface area contributed by atoms with E-state index in [1.165, 1.54) is 0 Å². The smallest absolute Gasteiger partial charge is 0.158 e. The topological polar surface area (TPSA) is 44.9 Å². The molecule has 2 rings (SSSR count). The SMILES string of the molecule is CCOCCn1c(CCl)nc2c(C)nn(C)c21. The van der Waals surface area contributed by atoms with E-state index in [0.29, 0.717) is 12.5 Å². The second-order valence-corrected chi connectivity index (χ2v) is 4.16. The number of rotatable bonds is 5. The first-order valence-corrected chi connectivity index (χ1v) is 6.24. The zero-order valence-corrected chi connectivity index (χ0v) is 11.2. The number of hydrogen-bond donors (Lipinski definition) is 0. The molecule has 2 heterocycles. The van der Waals surface area contributed by atoms with Crippen molar-refractivity contribution in [3.05, 3.63) is 11.5 Å². The standard InChI is InChI=1S/C11H17ClN4O/c1-4-17-6-5-16-9(7-12)13-10-8(2)14-15(3)11(10)16/h4-7H2,1-3H3. The zero-order valence-electron chi connectivity index (χ0n) is 10.4. The Kier molecular flexibility index (Phi) is 3.69. The van der Waals surface area contributed by atoms with Gasteiger partial charge in [-0.1, -0.05) is 0 Å². The van der Waals surface area contributed by atoms with Crippen molar-refractivity contribution in [3.63, 3.8) is 0 Å². The van der Waals surface area contributed by atoms with E-state index >= 15 is 0 Å². The van der Waals surface area contributed by atoms with Gasteiger partial charge in [0.15, 0.2) is 5.65 Å². The minimum atomic E-state index is 0.403. The van der Waals surface area contributed by atoms with Crippen molar-refractivity contribution < 1.29 is 4.74 Å². The van der Waals surface area contributed by atoms with E-state index in [9.17, 15) is 0 Å². The van der Waals surface area contributed by atoms with Crippen molar-refractivity contribution in [2.75, 3.05) is 13.2 Å². The number of halogens is 1. The maximum atomic E-state index is 5.92. The fourth-order valence-electron chi connectivity index (χ4n) is 2.02. The van der Waals surface area contributed by atoms with Gasteiger partial charge in [-0.25, -0.2) is 4.98 Å². The van der Waals surface area contributed by atoms with E-state index in [-0.39, 0.29) is 0 Å². The van der Waals surface area contributed by atoms with E-state index in [1.807, 2.05) is 25.6 Å². The van der Waals surface area contributed by atoms with Gasteiger partial charge >= 0.3 is 0 Å². The average molecular weight is 257 g/mol. The molecule has 0 aromatic carbocycles. The molecule has 0 radical (unpaired) electrons. The third-order valence-electron chi connectivity index (χ3n) is 2.75.